The second kappa shape index (κ2) is 20.1. The van der Waals surface area contributed by atoms with Gasteiger partial charge >= 0.3 is 0 Å². The molecule has 0 atom stereocenters. The lowest BCUT2D eigenvalue weighted by Crippen LogP contribution is -2.13. The number of thioether (sulfide) groups is 1. The summed E-state index contributed by atoms with van der Waals surface area (Å²) < 4.78 is 11.5. The molecule has 0 N–H and O–H groups in total. The minimum Gasteiger partial charge on any atom is -0.439 e. The molecule has 0 fully saturated rings. The standard InChI is InChI=1S/C21H15NO3.C21H15NO2S.C19H13NO3/c2*1-22-17-11-5-6-12-18(17)25-19(22)13-7-4-10-16-20(23)14-8-2-3-9-15(14)21(16)24;1-20-15-8-4-5-9-16(15)23-17(20)11-10-14-18(21)12-6-2-3-7-13(12)19(14)22/h2*2-13H,1H3;2-11H,1H3/b2*7-4+,19-13+;17-11+. The molecule has 0 saturated heterocycles. The third kappa shape index (κ3) is 9.03. The van der Waals surface area contributed by atoms with Gasteiger partial charge < -0.3 is 24.2 Å². The van der Waals surface area contributed by atoms with Gasteiger partial charge in [0.05, 0.1) is 38.8 Å². The molecule has 3 aliphatic heterocycles. The maximum atomic E-state index is 12.3. The Morgan fingerprint density at radius 1 is 0.342 bits per heavy atom. The highest BCUT2D eigenvalue weighted by atomic mass is 32.2. The van der Waals surface area contributed by atoms with Crippen molar-refractivity contribution in [3.8, 4) is 11.5 Å². The molecule has 6 aliphatic rings. The van der Waals surface area contributed by atoms with Crippen LogP contribution in [0.25, 0.3) is 0 Å². The number of ketones is 6. The van der Waals surface area contributed by atoms with Crippen molar-refractivity contribution < 1.29 is 38.2 Å². The molecule has 12 rings (SSSR count). The van der Waals surface area contributed by atoms with Crippen LogP contribution in [0.5, 0.6) is 11.5 Å². The van der Waals surface area contributed by atoms with Gasteiger partial charge in [0.25, 0.3) is 0 Å². The molecule has 3 aliphatic carbocycles. The van der Waals surface area contributed by atoms with Crippen LogP contribution in [0.4, 0.5) is 17.1 Å². The number of carbonyl (C=O) groups is 6. The van der Waals surface area contributed by atoms with Gasteiger partial charge in [-0.3, -0.25) is 28.8 Å². The number of allylic oxidation sites excluding steroid dienone is 13. The number of Topliss-reactive ketones (excluding diaryl/α,β-unsaturated/α-hetero) is 6. The van der Waals surface area contributed by atoms with Crippen LogP contribution in [0.2, 0.25) is 0 Å². The molecular formula is C61H43N3O8S. The van der Waals surface area contributed by atoms with Crippen molar-refractivity contribution >= 4 is 63.5 Å². The van der Waals surface area contributed by atoms with Crippen LogP contribution in [0, 0.1) is 0 Å². The van der Waals surface area contributed by atoms with Crippen LogP contribution < -0.4 is 24.2 Å². The zero-order valence-corrected chi connectivity index (χ0v) is 40.5. The molecule has 0 spiro atoms. The average molecular weight is 978 g/mol. The predicted octanol–water partition coefficient (Wildman–Crippen LogP) is 11.9. The zero-order valence-electron chi connectivity index (χ0n) is 39.6. The molecule has 0 unspecified atom stereocenters. The molecule has 356 valence electrons. The van der Waals surface area contributed by atoms with Gasteiger partial charge in [-0.25, -0.2) is 0 Å². The number of hydrogen-bond acceptors (Lipinski definition) is 12. The first-order chi connectivity index (χ1) is 35.5. The van der Waals surface area contributed by atoms with Crippen LogP contribution in [-0.2, 0) is 0 Å². The number of rotatable bonds is 5. The summed E-state index contributed by atoms with van der Waals surface area (Å²) in [6, 6.07) is 44.4. The second-order valence-electron chi connectivity index (χ2n) is 17.0. The molecule has 6 aromatic rings. The molecule has 3 heterocycles. The molecule has 0 saturated carbocycles. The number of anilines is 3. The van der Waals surface area contributed by atoms with E-state index in [1.54, 1.807) is 133 Å². The predicted molar refractivity (Wildman–Crippen MR) is 284 cm³/mol. The van der Waals surface area contributed by atoms with Gasteiger partial charge in [-0.15, -0.1) is 0 Å². The number of hydrogen-bond donors (Lipinski definition) is 0. The molecule has 0 bridgehead atoms. The Balaban J connectivity index is 0.000000126. The molecule has 73 heavy (non-hydrogen) atoms. The summed E-state index contributed by atoms with van der Waals surface area (Å²) in [4.78, 5) is 81.0. The van der Waals surface area contributed by atoms with Crippen molar-refractivity contribution in [2.24, 2.45) is 0 Å². The van der Waals surface area contributed by atoms with E-state index in [0.717, 1.165) is 27.9 Å². The van der Waals surface area contributed by atoms with Gasteiger partial charge in [-0.1, -0.05) is 145 Å². The fraction of sp³-hybridized carbons (Fsp3) is 0.0492. The van der Waals surface area contributed by atoms with Crippen molar-refractivity contribution in [2.75, 3.05) is 35.8 Å². The molecule has 6 aromatic carbocycles. The van der Waals surface area contributed by atoms with Crippen LogP contribution in [0.15, 0.2) is 245 Å². The summed E-state index contributed by atoms with van der Waals surface area (Å²) in [5.74, 6) is 1.51. The number of fused-ring (bicyclic) bond motifs is 6. The fourth-order valence-electron chi connectivity index (χ4n) is 8.80. The SMILES string of the molecule is CN1/C(=C\C=C2C(=O)c3ccccc3C2=O)Oc2ccccc21.CN1/C(=C\C=C\C=C2C(=O)c3ccccc3C2=O)Oc2ccccc21.CN1/C(=C\C=C\C=C2C(=O)c3ccccc3C2=O)Sc2ccccc21. The summed E-state index contributed by atoms with van der Waals surface area (Å²) in [6.45, 7) is 0. The zero-order chi connectivity index (χ0) is 50.8. The minimum atomic E-state index is -0.236. The highest BCUT2D eigenvalue weighted by molar-refractivity contribution is 8.03. The summed E-state index contributed by atoms with van der Waals surface area (Å²) >= 11 is 1.70. The van der Waals surface area contributed by atoms with E-state index in [0.29, 0.717) is 45.1 Å². The van der Waals surface area contributed by atoms with Gasteiger partial charge in [0, 0.05) is 59.4 Å². The van der Waals surface area contributed by atoms with E-state index in [-0.39, 0.29) is 51.4 Å². The summed E-state index contributed by atoms with van der Waals surface area (Å²) in [6.07, 6.45) is 17.2. The lowest BCUT2D eigenvalue weighted by molar-refractivity contribution is 0.0973. The summed E-state index contributed by atoms with van der Waals surface area (Å²) in [5, 5.41) is 1.10. The molecule has 0 amide bonds. The van der Waals surface area contributed by atoms with Crippen molar-refractivity contribution in [3.63, 3.8) is 0 Å². The van der Waals surface area contributed by atoms with E-state index in [1.165, 1.54) is 10.6 Å². The van der Waals surface area contributed by atoms with E-state index in [9.17, 15) is 28.8 Å². The van der Waals surface area contributed by atoms with Crippen molar-refractivity contribution in [3.05, 3.63) is 273 Å². The highest BCUT2D eigenvalue weighted by Gasteiger charge is 2.34. The van der Waals surface area contributed by atoms with E-state index in [4.69, 9.17) is 9.47 Å². The lowest BCUT2D eigenvalue weighted by Gasteiger charge is -2.12. The van der Waals surface area contributed by atoms with Crippen LogP contribution in [0.1, 0.15) is 62.1 Å². The van der Waals surface area contributed by atoms with Crippen LogP contribution in [0.3, 0.4) is 0 Å². The Hall–Kier alpha value is -9.39. The first kappa shape index (κ1) is 47.3. The Morgan fingerprint density at radius 3 is 1.08 bits per heavy atom. The molecule has 0 radical (unpaired) electrons. The summed E-state index contributed by atoms with van der Waals surface area (Å²) in [7, 11) is 5.82. The maximum absolute atomic E-state index is 12.3. The van der Waals surface area contributed by atoms with Crippen molar-refractivity contribution in [2.45, 2.75) is 4.90 Å². The maximum Gasteiger partial charge on any atom is 0.200 e. The minimum absolute atomic E-state index is 0.173. The van der Waals surface area contributed by atoms with Gasteiger partial charge in [-0.05, 0) is 72.9 Å². The van der Waals surface area contributed by atoms with E-state index in [1.807, 2.05) is 104 Å². The number of para-hydroxylation sites is 5. The quantitative estimate of drug-likeness (QED) is 0.120. The molecular weight excluding hydrogens is 935 g/mol. The van der Waals surface area contributed by atoms with E-state index in [2.05, 4.69) is 17.0 Å². The second-order valence-corrected chi connectivity index (χ2v) is 18.1. The number of ether oxygens (including phenoxy) is 2. The smallest absolute Gasteiger partial charge is 0.200 e. The Bertz CT molecular complexity index is 3350. The molecule has 12 heteroatoms. The average Bonchev–Trinajstić information content (AvgIpc) is 4.21. The normalized spacial score (nSPS) is 17.4. The molecule has 11 nitrogen and oxygen atoms in total. The third-order valence-electron chi connectivity index (χ3n) is 12.7. The van der Waals surface area contributed by atoms with Crippen LogP contribution in [-0.4, -0.2) is 55.8 Å². The van der Waals surface area contributed by atoms with Gasteiger partial charge in [-0.2, -0.15) is 0 Å². The Labute approximate surface area is 425 Å². The van der Waals surface area contributed by atoms with E-state index >= 15 is 0 Å². The number of nitrogens with zero attached hydrogens (tertiary/aromatic N) is 3. The third-order valence-corrected chi connectivity index (χ3v) is 13.8. The summed E-state index contributed by atoms with van der Waals surface area (Å²) in [5.41, 5.74) is 6.58. The van der Waals surface area contributed by atoms with Crippen LogP contribution >= 0.6 is 11.8 Å². The van der Waals surface area contributed by atoms with Gasteiger partial charge in [0.2, 0.25) is 0 Å². The first-order valence-electron chi connectivity index (χ1n) is 23.2. The lowest BCUT2D eigenvalue weighted by atomic mass is 10.1. The van der Waals surface area contributed by atoms with Crippen molar-refractivity contribution in [1.82, 2.24) is 0 Å². The largest absolute Gasteiger partial charge is 0.439 e. The Morgan fingerprint density at radius 2 is 0.671 bits per heavy atom. The van der Waals surface area contributed by atoms with Crippen molar-refractivity contribution in [1.29, 1.82) is 0 Å². The number of benzene rings is 6. The van der Waals surface area contributed by atoms with E-state index < -0.39 is 0 Å². The van der Waals surface area contributed by atoms with Gasteiger partial charge in [0.15, 0.2) is 58.0 Å². The first-order valence-corrected chi connectivity index (χ1v) is 24.0. The fourth-order valence-corrected chi connectivity index (χ4v) is 9.87. The molecule has 0 aromatic heterocycles. The number of carbonyl (C=O) groups excluding carboxylic acids is 6. The topological polar surface area (TPSA) is 131 Å². The highest BCUT2D eigenvalue weighted by Crippen LogP contribution is 2.45. The monoisotopic (exact) mass is 977 g/mol. The Kier molecular flexibility index (Phi) is 13.1. The van der Waals surface area contributed by atoms with Gasteiger partial charge in [0.1, 0.15) is 0 Å².